The van der Waals surface area contributed by atoms with Crippen molar-refractivity contribution in [2.75, 3.05) is 13.1 Å². The van der Waals surface area contributed by atoms with E-state index in [2.05, 4.69) is 11.8 Å². The van der Waals surface area contributed by atoms with E-state index in [9.17, 15) is 0 Å². The van der Waals surface area contributed by atoms with Crippen molar-refractivity contribution in [3.63, 3.8) is 0 Å². The molecule has 2 nitrogen and oxygen atoms in total. The molecule has 3 unspecified atom stereocenters. The molecule has 0 amide bonds. The van der Waals surface area contributed by atoms with Gasteiger partial charge in [0.25, 0.3) is 0 Å². The fourth-order valence-corrected chi connectivity index (χ4v) is 3.60. The van der Waals surface area contributed by atoms with Crippen molar-refractivity contribution in [2.45, 2.75) is 44.7 Å². The van der Waals surface area contributed by atoms with E-state index in [4.69, 9.17) is 5.73 Å². The Morgan fingerprint density at radius 2 is 1.93 bits per heavy atom. The summed E-state index contributed by atoms with van der Waals surface area (Å²) in [5.41, 5.74) is 6.10. The quantitative estimate of drug-likeness (QED) is 0.737. The monoisotopic (exact) mass is 194 g/mol. The van der Waals surface area contributed by atoms with Gasteiger partial charge in [0.1, 0.15) is 0 Å². The van der Waals surface area contributed by atoms with Gasteiger partial charge in [-0.1, -0.05) is 6.92 Å². The predicted molar refractivity (Wildman–Crippen MR) is 57.9 cm³/mol. The van der Waals surface area contributed by atoms with Crippen molar-refractivity contribution in [3.05, 3.63) is 0 Å². The first kappa shape index (κ1) is 9.17. The summed E-state index contributed by atoms with van der Waals surface area (Å²) in [6, 6.07) is 1.44. The maximum absolute atomic E-state index is 6.10. The van der Waals surface area contributed by atoms with Crippen molar-refractivity contribution >= 4 is 0 Å². The summed E-state index contributed by atoms with van der Waals surface area (Å²) in [6.07, 6.45) is 5.73. The lowest BCUT2D eigenvalue weighted by molar-refractivity contribution is -0.0253. The smallest absolute Gasteiger partial charge is 0.0121 e. The van der Waals surface area contributed by atoms with Gasteiger partial charge in [-0.15, -0.1) is 0 Å². The van der Waals surface area contributed by atoms with Gasteiger partial charge in [-0.25, -0.2) is 0 Å². The summed E-state index contributed by atoms with van der Waals surface area (Å²) in [4.78, 5) is 2.75. The van der Waals surface area contributed by atoms with Gasteiger partial charge in [0.05, 0.1) is 0 Å². The SMILES string of the molecule is CCC(C1CC1)N1CC2CC(C1)C2N. The van der Waals surface area contributed by atoms with Crippen molar-refractivity contribution in [2.24, 2.45) is 23.5 Å². The summed E-state index contributed by atoms with van der Waals surface area (Å²) in [7, 11) is 0. The minimum Gasteiger partial charge on any atom is -0.327 e. The Hall–Kier alpha value is -0.0800. The van der Waals surface area contributed by atoms with E-state index in [0.29, 0.717) is 6.04 Å². The number of nitrogens with two attached hydrogens (primary N) is 1. The zero-order valence-corrected chi connectivity index (χ0v) is 9.15. The molecule has 2 saturated heterocycles. The largest absolute Gasteiger partial charge is 0.327 e. The van der Waals surface area contributed by atoms with Gasteiger partial charge in [0.15, 0.2) is 0 Å². The van der Waals surface area contributed by atoms with Gasteiger partial charge >= 0.3 is 0 Å². The Kier molecular flexibility index (Phi) is 2.10. The molecule has 0 aromatic rings. The molecule has 2 bridgehead atoms. The molecule has 2 aliphatic heterocycles. The highest BCUT2D eigenvalue weighted by Gasteiger charge is 2.47. The first-order valence-corrected chi connectivity index (χ1v) is 6.29. The Labute approximate surface area is 86.8 Å². The van der Waals surface area contributed by atoms with Crippen LogP contribution in [0.25, 0.3) is 0 Å². The molecule has 4 fully saturated rings. The standard InChI is InChI=1S/C12H22N2/c1-2-11(8-3-4-8)14-6-9-5-10(7-14)12(9)13/h8-12H,2-7,13H2,1H3. The summed E-state index contributed by atoms with van der Waals surface area (Å²) in [5.74, 6) is 2.71. The van der Waals surface area contributed by atoms with Crippen LogP contribution in [0, 0.1) is 17.8 Å². The van der Waals surface area contributed by atoms with Crippen LogP contribution in [0.3, 0.4) is 0 Å². The Morgan fingerprint density at radius 3 is 2.36 bits per heavy atom. The molecule has 2 heterocycles. The molecule has 2 aliphatic carbocycles. The molecule has 14 heavy (non-hydrogen) atoms. The van der Waals surface area contributed by atoms with Gasteiger partial charge in [0, 0.05) is 25.2 Å². The average Bonchev–Trinajstić information content (AvgIpc) is 3.03. The third kappa shape index (κ3) is 1.31. The topological polar surface area (TPSA) is 29.3 Å². The lowest BCUT2D eigenvalue weighted by Crippen LogP contribution is -2.63. The number of rotatable bonds is 3. The van der Waals surface area contributed by atoms with Crippen molar-refractivity contribution in [1.29, 1.82) is 0 Å². The Balaban J connectivity index is 1.63. The summed E-state index contributed by atoms with van der Waals surface area (Å²) < 4.78 is 0. The highest BCUT2D eigenvalue weighted by atomic mass is 15.2. The maximum Gasteiger partial charge on any atom is 0.0121 e. The summed E-state index contributed by atoms with van der Waals surface area (Å²) >= 11 is 0. The first-order chi connectivity index (χ1) is 6.79. The summed E-state index contributed by atoms with van der Waals surface area (Å²) in [6.45, 7) is 4.95. The zero-order chi connectivity index (χ0) is 9.71. The number of nitrogens with zero attached hydrogens (tertiary/aromatic N) is 1. The van der Waals surface area contributed by atoms with E-state index in [1.807, 2.05) is 0 Å². The number of piperidine rings is 2. The first-order valence-electron chi connectivity index (χ1n) is 6.29. The second-order valence-corrected chi connectivity index (χ2v) is 5.60. The highest BCUT2D eigenvalue weighted by Crippen LogP contribution is 2.44. The van der Waals surface area contributed by atoms with E-state index in [-0.39, 0.29) is 0 Å². The van der Waals surface area contributed by atoms with E-state index in [0.717, 1.165) is 23.8 Å². The van der Waals surface area contributed by atoms with Crippen molar-refractivity contribution in [1.82, 2.24) is 4.90 Å². The highest BCUT2D eigenvalue weighted by molar-refractivity contribution is 5.02. The van der Waals surface area contributed by atoms with Gasteiger partial charge < -0.3 is 5.73 Å². The number of fused-ring (bicyclic) bond motifs is 2. The third-order valence-electron chi connectivity index (χ3n) is 4.69. The molecule has 0 aromatic heterocycles. The fraction of sp³-hybridized carbons (Fsp3) is 1.00. The van der Waals surface area contributed by atoms with Crippen LogP contribution in [-0.2, 0) is 0 Å². The van der Waals surface area contributed by atoms with E-state index >= 15 is 0 Å². The van der Waals surface area contributed by atoms with E-state index in [1.54, 1.807) is 0 Å². The van der Waals surface area contributed by atoms with Crippen molar-refractivity contribution < 1.29 is 0 Å². The van der Waals surface area contributed by atoms with Crippen LogP contribution in [0.1, 0.15) is 32.6 Å². The van der Waals surface area contributed by atoms with Crippen molar-refractivity contribution in [3.8, 4) is 0 Å². The molecule has 4 rings (SSSR count). The van der Waals surface area contributed by atoms with Gasteiger partial charge in [-0.2, -0.15) is 0 Å². The maximum atomic E-state index is 6.10. The second-order valence-electron chi connectivity index (χ2n) is 5.60. The number of hydrogen-bond donors (Lipinski definition) is 1. The normalized spacial score (nSPS) is 44.6. The van der Waals surface area contributed by atoms with Crippen LogP contribution < -0.4 is 5.73 Å². The summed E-state index contributed by atoms with van der Waals surface area (Å²) in [5, 5.41) is 0. The molecule has 80 valence electrons. The fourth-order valence-electron chi connectivity index (χ4n) is 3.60. The molecular formula is C12H22N2. The van der Waals surface area contributed by atoms with Crippen LogP contribution in [0.15, 0.2) is 0 Å². The zero-order valence-electron chi connectivity index (χ0n) is 9.15. The van der Waals surface area contributed by atoms with Crippen LogP contribution >= 0.6 is 0 Å². The van der Waals surface area contributed by atoms with Gasteiger partial charge in [0.2, 0.25) is 0 Å². The van der Waals surface area contributed by atoms with E-state index in [1.165, 1.54) is 38.8 Å². The molecule has 3 atom stereocenters. The minimum atomic E-state index is 0.544. The van der Waals surface area contributed by atoms with E-state index < -0.39 is 0 Å². The minimum absolute atomic E-state index is 0.544. The van der Waals surface area contributed by atoms with Gasteiger partial charge in [-0.05, 0) is 43.4 Å². The van der Waals surface area contributed by atoms with Crippen LogP contribution in [0.4, 0.5) is 0 Å². The van der Waals surface area contributed by atoms with Gasteiger partial charge in [-0.3, -0.25) is 4.90 Å². The molecule has 0 radical (unpaired) electrons. The molecule has 2 saturated carbocycles. The molecule has 4 aliphatic rings. The lowest BCUT2D eigenvalue weighted by Gasteiger charge is -2.54. The Morgan fingerprint density at radius 1 is 1.29 bits per heavy atom. The molecule has 0 spiro atoms. The average molecular weight is 194 g/mol. The predicted octanol–water partition coefficient (Wildman–Crippen LogP) is 1.45. The van der Waals surface area contributed by atoms with Crippen LogP contribution in [0.2, 0.25) is 0 Å². The third-order valence-corrected chi connectivity index (χ3v) is 4.69. The lowest BCUT2D eigenvalue weighted by atomic mass is 9.66. The molecule has 2 N–H and O–H groups in total. The number of hydrogen-bond acceptors (Lipinski definition) is 2. The van der Waals surface area contributed by atoms with Crippen LogP contribution in [-0.4, -0.2) is 30.1 Å². The Bertz CT molecular complexity index is 212. The molecule has 0 aromatic carbocycles. The molecule has 2 heteroatoms. The molecular weight excluding hydrogens is 172 g/mol. The second kappa shape index (κ2) is 3.21. The van der Waals surface area contributed by atoms with Crippen LogP contribution in [0.5, 0.6) is 0 Å².